The minimum atomic E-state index is -0.552. The lowest BCUT2D eigenvalue weighted by Gasteiger charge is -2.08. The highest BCUT2D eigenvalue weighted by Gasteiger charge is 2.05. The minimum absolute atomic E-state index is 0.325. The Kier molecular flexibility index (Phi) is 4.22. The summed E-state index contributed by atoms with van der Waals surface area (Å²) in [5.41, 5.74) is 6.54. The molecule has 3 amide bonds. The second-order valence-corrected chi connectivity index (χ2v) is 4.47. The number of carbonyl (C=O) groups excluding carboxylic acids is 2. The first-order valence-corrected chi connectivity index (χ1v) is 6.16. The van der Waals surface area contributed by atoms with Crippen LogP contribution in [0.25, 0.3) is 0 Å². The molecular weight excluding hydrogens is 278 g/mol. The van der Waals surface area contributed by atoms with Gasteiger partial charge < -0.3 is 16.4 Å². The molecule has 0 saturated heterocycles. The topological polar surface area (TPSA) is 84.2 Å². The molecule has 2 aromatic carbocycles. The summed E-state index contributed by atoms with van der Waals surface area (Å²) < 4.78 is 0. The van der Waals surface area contributed by atoms with Crippen LogP contribution in [0.2, 0.25) is 5.02 Å². The summed E-state index contributed by atoms with van der Waals surface area (Å²) in [5, 5.41) is 5.76. The molecule has 0 aliphatic carbocycles. The van der Waals surface area contributed by atoms with Gasteiger partial charge in [0.05, 0.1) is 0 Å². The second-order valence-electron chi connectivity index (χ2n) is 4.03. The maximum absolute atomic E-state index is 11.8. The molecule has 6 heteroatoms. The van der Waals surface area contributed by atoms with E-state index in [1.54, 1.807) is 42.5 Å². The normalized spacial score (nSPS) is 9.85. The van der Waals surface area contributed by atoms with Crippen LogP contribution in [-0.4, -0.2) is 11.9 Å². The third kappa shape index (κ3) is 3.73. The summed E-state index contributed by atoms with van der Waals surface area (Å²) in [5.74, 6) is -0.552. The molecule has 0 unspecified atom stereocenters. The largest absolute Gasteiger partial charge is 0.366 e. The molecule has 0 heterocycles. The molecule has 0 fully saturated rings. The first kappa shape index (κ1) is 13.9. The number of amides is 3. The molecule has 20 heavy (non-hydrogen) atoms. The number of hydrogen-bond acceptors (Lipinski definition) is 2. The molecule has 0 radical (unpaired) electrons. The van der Waals surface area contributed by atoms with E-state index in [4.69, 9.17) is 17.3 Å². The molecule has 0 aliphatic heterocycles. The molecule has 0 saturated carbocycles. The van der Waals surface area contributed by atoms with Crippen LogP contribution in [0.1, 0.15) is 10.4 Å². The van der Waals surface area contributed by atoms with Gasteiger partial charge in [0, 0.05) is 22.0 Å². The standard InChI is InChI=1S/C14H12ClN3O2/c15-10-4-2-6-12(8-10)18-14(20)17-11-5-1-3-9(7-11)13(16)19/h1-8H,(H2,16,19)(H2,17,18,20). The summed E-state index contributed by atoms with van der Waals surface area (Å²) in [6.07, 6.45) is 0. The summed E-state index contributed by atoms with van der Waals surface area (Å²) in [7, 11) is 0. The molecule has 102 valence electrons. The van der Waals surface area contributed by atoms with Crippen LogP contribution in [0.3, 0.4) is 0 Å². The Morgan fingerprint density at radius 3 is 2.15 bits per heavy atom. The van der Waals surface area contributed by atoms with E-state index in [1.807, 2.05) is 0 Å². The van der Waals surface area contributed by atoms with E-state index in [9.17, 15) is 9.59 Å². The Hall–Kier alpha value is -2.53. The fourth-order valence-corrected chi connectivity index (χ4v) is 1.80. The van der Waals surface area contributed by atoms with Gasteiger partial charge in [0.2, 0.25) is 5.91 Å². The Balaban J connectivity index is 2.04. The van der Waals surface area contributed by atoms with Crippen molar-refractivity contribution in [3.63, 3.8) is 0 Å². The van der Waals surface area contributed by atoms with Crippen LogP contribution in [0.5, 0.6) is 0 Å². The summed E-state index contributed by atoms with van der Waals surface area (Å²) in [4.78, 5) is 22.8. The first-order valence-electron chi connectivity index (χ1n) is 5.78. The zero-order chi connectivity index (χ0) is 14.5. The molecule has 4 N–H and O–H groups in total. The highest BCUT2D eigenvalue weighted by Crippen LogP contribution is 2.16. The van der Waals surface area contributed by atoms with Gasteiger partial charge in [0.25, 0.3) is 0 Å². The van der Waals surface area contributed by atoms with Crippen LogP contribution in [0, 0.1) is 0 Å². The van der Waals surface area contributed by atoms with E-state index < -0.39 is 11.9 Å². The highest BCUT2D eigenvalue weighted by atomic mass is 35.5. The van der Waals surface area contributed by atoms with Gasteiger partial charge in [0.1, 0.15) is 0 Å². The van der Waals surface area contributed by atoms with Crippen LogP contribution in [0.15, 0.2) is 48.5 Å². The second kappa shape index (κ2) is 6.08. The van der Waals surface area contributed by atoms with Crippen LogP contribution >= 0.6 is 11.6 Å². The Bertz CT molecular complexity index is 658. The monoisotopic (exact) mass is 289 g/mol. The fourth-order valence-electron chi connectivity index (χ4n) is 1.61. The Morgan fingerprint density at radius 1 is 0.950 bits per heavy atom. The van der Waals surface area contributed by atoms with Crippen LogP contribution in [-0.2, 0) is 0 Å². The predicted octanol–water partition coefficient (Wildman–Crippen LogP) is 3.08. The summed E-state index contributed by atoms with van der Waals surface area (Å²) >= 11 is 5.82. The van der Waals surface area contributed by atoms with Gasteiger partial charge in [-0.1, -0.05) is 23.7 Å². The molecule has 0 aliphatic rings. The number of nitrogens with one attached hydrogen (secondary N) is 2. The van der Waals surface area contributed by atoms with Crippen molar-refractivity contribution in [2.45, 2.75) is 0 Å². The molecule has 0 bridgehead atoms. The number of carbonyl (C=O) groups is 2. The molecular formula is C14H12ClN3O2. The Labute approximate surface area is 120 Å². The third-order valence-electron chi connectivity index (χ3n) is 2.49. The number of nitrogens with two attached hydrogens (primary N) is 1. The van der Waals surface area contributed by atoms with E-state index >= 15 is 0 Å². The van der Waals surface area contributed by atoms with Gasteiger partial charge >= 0.3 is 6.03 Å². The van der Waals surface area contributed by atoms with Crippen LogP contribution in [0.4, 0.5) is 16.2 Å². The maximum Gasteiger partial charge on any atom is 0.323 e. The van der Waals surface area contributed by atoms with Crippen molar-refractivity contribution in [2.75, 3.05) is 10.6 Å². The smallest absolute Gasteiger partial charge is 0.323 e. The number of benzene rings is 2. The van der Waals surface area contributed by atoms with Crippen molar-refractivity contribution in [1.82, 2.24) is 0 Å². The number of primary amides is 1. The number of hydrogen-bond donors (Lipinski definition) is 3. The first-order chi connectivity index (χ1) is 9.54. The number of rotatable bonds is 3. The van der Waals surface area contributed by atoms with Gasteiger partial charge in [-0.05, 0) is 36.4 Å². The zero-order valence-electron chi connectivity index (χ0n) is 10.4. The zero-order valence-corrected chi connectivity index (χ0v) is 11.1. The summed E-state index contributed by atoms with van der Waals surface area (Å²) in [6, 6.07) is 12.7. The van der Waals surface area contributed by atoms with E-state index in [0.717, 1.165) is 0 Å². The highest BCUT2D eigenvalue weighted by molar-refractivity contribution is 6.30. The lowest BCUT2D eigenvalue weighted by Crippen LogP contribution is -2.20. The molecule has 2 aromatic rings. The SMILES string of the molecule is NC(=O)c1cccc(NC(=O)Nc2cccc(Cl)c2)c1. The number of halogens is 1. The van der Waals surface area contributed by atoms with Gasteiger partial charge in [0.15, 0.2) is 0 Å². The van der Waals surface area contributed by atoms with E-state index in [2.05, 4.69) is 10.6 Å². The molecule has 0 aromatic heterocycles. The maximum atomic E-state index is 11.8. The van der Waals surface area contributed by atoms with Crippen molar-refractivity contribution in [1.29, 1.82) is 0 Å². The van der Waals surface area contributed by atoms with Gasteiger partial charge in [-0.25, -0.2) is 4.79 Å². The summed E-state index contributed by atoms with van der Waals surface area (Å²) in [6.45, 7) is 0. The van der Waals surface area contributed by atoms with Crippen molar-refractivity contribution < 1.29 is 9.59 Å². The number of urea groups is 1. The number of anilines is 2. The average molecular weight is 290 g/mol. The van der Waals surface area contributed by atoms with Crippen molar-refractivity contribution in [3.05, 3.63) is 59.1 Å². The van der Waals surface area contributed by atoms with Crippen molar-refractivity contribution >= 4 is 34.9 Å². The molecule has 2 rings (SSSR count). The van der Waals surface area contributed by atoms with E-state index in [1.165, 1.54) is 6.07 Å². The lowest BCUT2D eigenvalue weighted by molar-refractivity contribution is 0.100. The fraction of sp³-hybridized carbons (Fsp3) is 0. The van der Waals surface area contributed by atoms with E-state index in [0.29, 0.717) is 22.0 Å². The van der Waals surface area contributed by atoms with Gasteiger partial charge in [-0.2, -0.15) is 0 Å². The predicted molar refractivity (Wildman–Crippen MR) is 79.1 cm³/mol. The molecule has 5 nitrogen and oxygen atoms in total. The third-order valence-corrected chi connectivity index (χ3v) is 2.72. The van der Waals surface area contributed by atoms with Gasteiger partial charge in [-0.3, -0.25) is 4.79 Å². The Morgan fingerprint density at radius 2 is 1.55 bits per heavy atom. The molecule has 0 atom stereocenters. The minimum Gasteiger partial charge on any atom is -0.366 e. The van der Waals surface area contributed by atoms with Crippen molar-refractivity contribution in [2.24, 2.45) is 5.73 Å². The lowest BCUT2D eigenvalue weighted by atomic mass is 10.2. The van der Waals surface area contributed by atoms with Crippen molar-refractivity contribution in [3.8, 4) is 0 Å². The average Bonchev–Trinajstić information content (AvgIpc) is 2.38. The quantitative estimate of drug-likeness (QED) is 0.811. The molecule has 0 spiro atoms. The van der Waals surface area contributed by atoms with Crippen LogP contribution < -0.4 is 16.4 Å². The van der Waals surface area contributed by atoms with Gasteiger partial charge in [-0.15, -0.1) is 0 Å². The van der Waals surface area contributed by atoms with E-state index in [-0.39, 0.29) is 0 Å².